The van der Waals surface area contributed by atoms with E-state index in [0.717, 1.165) is 23.5 Å². The van der Waals surface area contributed by atoms with Gasteiger partial charge in [-0.15, -0.1) is 10.2 Å². The smallest absolute Gasteiger partial charge is 0.292 e. The Morgan fingerprint density at radius 3 is 2.85 bits per heavy atom. The molecule has 4 heterocycles. The molecule has 1 atom stereocenters. The normalized spacial score (nSPS) is 15.6. The van der Waals surface area contributed by atoms with Crippen molar-refractivity contribution < 1.29 is 15.0 Å². The summed E-state index contributed by atoms with van der Waals surface area (Å²) >= 11 is 0. The fourth-order valence-corrected chi connectivity index (χ4v) is 3.42. The number of rotatable bonds is 3. The molecular formula is C17H21N7O3. The van der Waals surface area contributed by atoms with Crippen LogP contribution in [0.25, 0.3) is 5.78 Å². The zero-order valence-corrected chi connectivity index (χ0v) is 15.2. The number of aryl methyl sites for hydroxylation is 3. The molecule has 0 fully saturated rings. The molecule has 1 aliphatic rings. The van der Waals surface area contributed by atoms with Crippen LogP contribution in [0, 0.1) is 13.8 Å². The number of aliphatic hydroxyl groups is 2. The monoisotopic (exact) mass is 371 g/mol. The quantitative estimate of drug-likeness (QED) is 0.665. The van der Waals surface area contributed by atoms with Gasteiger partial charge in [-0.25, -0.2) is 4.98 Å². The van der Waals surface area contributed by atoms with Gasteiger partial charge in [0, 0.05) is 24.5 Å². The SMILES string of the molecule is Cc1cc(C)n2c(C(=O)N3CCCn4nc([C@H](O)CO)cc4C3)nnc2n1. The number of nitrogens with zero attached hydrogens (tertiary/aromatic N) is 7. The number of carbonyl (C=O) groups is 1. The van der Waals surface area contributed by atoms with Crippen molar-refractivity contribution in [3.8, 4) is 0 Å². The van der Waals surface area contributed by atoms with Gasteiger partial charge in [-0.3, -0.25) is 13.9 Å². The summed E-state index contributed by atoms with van der Waals surface area (Å²) in [6.45, 7) is 4.91. The van der Waals surface area contributed by atoms with Gasteiger partial charge in [-0.1, -0.05) is 0 Å². The summed E-state index contributed by atoms with van der Waals surface area (Å²) in [5.41, 5.74) is 2.88. The van der Waals surface area contributed by atoms with Gasteiger partial charge in [0.1, 0.15) is 6.10 Å². The third-order valence-electron chi connectivity index (χ3n) is 4.72. The Hall–Kier alpha value is -2.85. The van der Waals surface area contributed by atoms with E-state index in [4.69, 9.17) is 5.11 Å². The molecule has 4 rings (SSSR count). The third-order valence-corrected chi connectivity index (χ3v) is 4.72. The van der Waals surface area contributed by atoms with E-state index in [2.05, 4.69) is 20.3 Å². The lowest BCUT2D eigenvalue weighted by atomic mass is 10.2. The first-order chi connectivity index (χ1) is 13.0. The highest BCUT2D eigenvalue weighted by Gasteiger charge is 2.26. The molecule has 142 valence electrons. The van der Waals surface area contributed by atoms with E-state index in [0.29, 0.717) is 31.1 Å². The average molecular weight is 371 g/mol. The zero-order valence-electron chi connectivity index (χ0n) is 15.2. The minimum atomic E-state index is -1.02. The molecule has 1 amide bonds. The second-order valence-corrected chi connectivity index (χ2v) is 6.76. The van der Waals surface area contributed by atoms with Gasteiger partial charge >= 0.3 is 0 Å². The Balaban J connectivity index is 1.66. The molecule has 0 aliphatic carbocycles. The average Bonchev–Trinajstić information content (AvgIpc) is 3.19. The molecule has 0 saturated carbocycles. The minimum absolute atomic E-state index is 0.227. The van der Waals surface area contributed by atoms with Crippen LogP contribution < -0.4 is 0 Å². The summed E-state index contributed by atoms with van der Waals surface area (Å²) in [5, 5.41) is 31.4. The Kier molecular flexibility index (Phi) is 4.36. The zero-order chi connectivity index (χ0) is 19.1. The molecule has 2 N–H and O–H groups in total. The van der Waals surface area contributed by atoms with Crippen molar-refractivity contribution in [2.75, 3.05) is 13.2 Å². The Morgan fingerprint density at radius 1 is 1.26 bits per heavy atom. The van der Waals surface area contributed by atoms with Gasteiger partial charge in [0.15, 0.2) is 0 Å². The van der Waals surface area contributed by atoms with Crippen LogP contribution in [0.4, 0.5) is 0 Å². The molecule has 27 heavy (non-hydrogen) atoms. The van der Waals surface area contributed by atoms with Crippen molar-refractivity contribution in [3.05, 3.63) is 40.7 Å². The summed E-state index contributed by atoms with van der Waals surface area (Å²) in [5.74, 6) is 0.415. The molecule has 0 saturated heterocycles. The van der Waals surface area contributed by atoms with E-state index >= 15 is 0 Å². The van der Waals surface area contributed by atoms with E-state index in [9.17, 15) is 9.90 Å². The number of aliphatic hydroxyl groups excluding tert-OH is 2. The fraction of sp³-hybridized carbons (Fsp3) is 0.471. The number of fused-ring (bicyclic) bond motifs is 2. The van der Waals surface area contributed by atoms with Crippen LogP contribution in [-0.4, -0.2) is 63.5 Å². The van der Waals surface area contributed by atoms with Gasteiger partial charge < -0.3 is 15.1 Å². The Bertz CT molecular complexity index is 1010. The second-order valence-electron chi connectivity index (χ2n) is 6.76. The van der Waals surface area contributed by atoms with Gasteiger partial charge in [-0.05, 0) is 32.4 Å². The first-order valence-electron chi connectivity index (χ1n) is 8.82. The standard InChI is InChI=1S/C17H21N7O3/c1-10-6-11(2)24-15(19-20-17(24)18-10)16(27)22-4-3-5-23-12(8-22)7-13(21-23)14(26)9-25/h6-7,14,25-26H,3-5,8-9H2,1-2H3/t14-/m1/s1. The lowest BCUT2D eigenvalue weighted by Crippen LogP contribution is -2.32. The molecule has 10 nitrogen and oxygen atoms in total. The van der Waals surface area contributed by atoms with E-state index in [1.807, 2.05) is 19.9 Å². The number of carbonyl (C=O) groups excluding carboxylic acids is 1. The van der Waals surface area contributed by atoms with Gasteiger partial charge in [-0.2, -0.15) is 5.10 Å². The van der Waals surface area contributed by atoms with E-state index in [1.54, 1.807) is 20.0 Å². The van der Waals surface area contributed by atoms with Gasteiger partial charge in [0.25, 0.3) is 11.7 Å². The van der Waals surface area contributed by atoms with Crippen molar-refractivity contribution in [2.24, 2.45) is 0 Å². The lowest BCUT2D eigenvalue weighted by Gasteiger charge is -2.19. The molecule has 0 spiro atoms. The Labute approximate surface area is 155 Å². The summed E-state index contributed by atoms with van der Waals surface area (Å²) in [4.78, 5) is 19.2. The maximum absolute atomic E-state index is 13.1. The number of amides is 1. The van der Waals surface area contributed by atoms with E-state index < -0.39 is 12.7 Å². The van der Waals surface area contributed by atoms with Crippen molar-refractivity contribution in [1.82, 2.24) is 34.3 Å². The Morgan fingerprint density at radius 2 is 2.07 bits per heavy atom. The van der Waals surface area contributed by atoms with Crippen LogP contribution in [0.1, 0.15) is 45.9 Å². The van der Waals surface area contributed by atoms with Crippen LogP contribution in [0.5, 0.6) is 0 Å². The van der Waals surface area contributed by atoms with Crippen LogP contribution in [0.2, 0.25) is 0 Å². The van der Waals surface area contributed by atoms with Crippen LogP contribution in [0.15, 0.2) is 12.1 Å². The molecule has 3 aromatic rings. The summed E-state index contributed by atoms with van der Waals surface area (Å²) in [7, 11) is 0. The summed E-state index contributed by atoms with van der Waals surface area (Å²) in [6, 6.07) is 3.61. The first-order valence-corrected chi connectivity index (χ1v) is 8.82. The predicted molar refractivity (Wildman–Crippen MR) is 93.9 cm³/mol. The topological polar surface area (TPSA) is 122 Å². The highest BCUT2D eigenvalue weighted by molar-refractivity contribution is 5.91. The maximum atomic E-state index is 13.1. The molecule has 3 aromatic heterocycles. The van der Waals surface area contributed by atoms with Gasteiger partial charge in [0.2, 0.25) is 5.82 Å². The molecule has 0 bridgehead atoms. The van der Waals surface area contributed by atoms with Crippen LogP contribution >= 0.6 is 0 Å². The van der Waals surface area contributed by atoms with E-state index in [-0.39, 0.29) is 11.7 Å². The molecule has 10 heteroatoms. The van der Waals surface area contributed by atoms with Crippen molar-refractivity contribution in [3.63, 3.8) is 0 Å². The summed E-state index contributed by atoms with van der Waals surface area (Å²) < 4.78 is 3.44. The fourth-order valence-electron chi connectivity index (χ4n) is 3.42. The number of hydrogen-bond acceptors (Lipinski definition) is 7. The molecule has 0 aromatic carbocycles. The largest absolute Gasteiger partial charge is 0.393 e. The molecule has 0 unspecified atom stereocenters. The third kappa shape index (κ3) is 3.06. The lowest BCUT2D eigenvalue weighted by molar-refractivity contribution is 0.0731. The molecule has 1 aliphatic heterocycles. The first kappa shape index (κ1) is 17.6. The highest BCUT2D eigenvalue weighted by Crippen LogP contribution is 2.19. The minimum Gasteiger partial charge on any atom is -0.393 e. The summed E-state index contributed by atoms with van der Waals surface area (Å²) in [6.07, 6.45) is -0.298. The second kappa shape index (κ2) is 6.71. The van der Waals surface area contributed by atoms with Crippen molar-refractivity contribution in [2.45, 2.75) is 39.5 Å². The maximum Gasteiger partial charge on any atom is 0.292 e. The van der Waals surface area contributed by atoms with Crippen molar-refractivity contribution >= 4 is 11.7 Å². The van der Waals surface area contributed by atoms with Gasteiger partial charge in [0.05, 0.1) is 24.5 Å². The highest BCUT2D eigenvalue weighted by atomic mass is 16.3. The molecular weight excluding hydrogens is 350 g/mol. The molecule has 0 radical (unpaired) electrons. The number of hydrogen-bond donors (Lipinski definition) is 2. The van der Waals surface area contributed by atoms with Crippen molar-refractivity contribution in [1.29, 1.82) is 0 Å². The number of aromatic nitrogens is 6. The predicted octanol–water partition coefficient (Wildman–Crippen LogP) is 0.00944. The van der Waals surface area contributed by atoms with Crippen LogP contribution in [-0.2, 0) is 13.1 Å². The van der Waals surface area contributed by atoms with Crippen LogP contribution in [0.3, 0.4) is 0 Å². The van der Waals surface area contributed by atoms with E-state index in [1.165, 1.54) is 0 Å².